The van der Waals surface area contributed by atoms with Gasteiger partial charge in [0.2, 0.25) is 9.97 Å². The van der Waals surface area contributed by atoms with Gasteiger partial charge in [-0.3, -0.25) is 4.79 Å². The molecule has 1 amide bonds. The van der Waals surface area contributed by atoms with Crippen LogP contribution in [0.3, 0.4) is 0 Å². The topological polar surface area (TPSA) is 63.4 Å². The van der Waals surface area contributed by atoms with Crippen molar-refractivity contribution in [1.29, 1.82) is 0 Å². The van der Waals surface area contributed by atoms with Crippen molar-refractivity contribution < 1.29 is 4.79 Å². The molecule has 0 aromatic carbocycles. The molecule has 0 fully saturated rings. The molecule has 0 saturated carbocycles. The highest BCUT2D eigenvalue weighted by molar-refractivity contribution is 7.18. The third kappa shape index (κ3) is 2.82. The minimum Gasteiger partial charge on any atom is -0.337 e. The predicted molar refractivity (Wildman–Crippen MR) is 79.2 cm³/mol. The van der Waals surface area contributed by atoms with Gasteiger partial charge in [0.25, 0.3) is 5.91 Å². The van der Waals surface area contributed by atoms with E-state index in [4.69, 9.17) is 0 Å². The lowest BCUT2D eigenvalue weighted by atomic mass is 10.2. The Morgan fingerprint density at radius 2 is 1.90 bits per heavy atom. The van der Waals surface area contributed by atoms with E-state index in [1.54, 1.807) is 4.52 Å². The van der Waals surface area contributed by atoms with Gasteiger partial charge >= 0.3 is 0 Å². The Morgan fingerprint density at radius 3 is 2.45 bits per heavy atom. The average Bonchev–Trinajstić information content (AvgIpc) is 2.96. The molecule has 0 spiro atoms. The molecule has 0 radical (unpaired) electrons. The van der Waals surface area contributed by atoms with Gasteiger partial charge in [-0.25, -0.2) is 0 Å². The maximum absolute atomic E-state index is 12.5. The summed E-state index contributed by atoms with van der Waals surface area (Å²) in [5.41, 5.74) is 0. The number of hydrogen-bond donors (Lipinski definition) is 0. The highest BCUT2D eigenvalue weighted by atomic mass is 32.1. The summed E-state index contributed by atoms with van der Waals surface area (Å²) in [6.07, 6.45) is 1.90. The fourth-order valence-electron chi connectivity index (χ4n) is 2.07. The van der Waals surface area contributed by atoms with Crippen LogP contribution in [0, 0.1) is 0 Å². The van der Waals surface area contributed by atoms with Gasteiger partial charge in [-0.05, 0) is 12.8 Å². The molecule has 7 heteroatoms. The normalized spacial score (nSPS) is 11.4. The Kier molecular flexibility index (Phi) is 4.69. The zero-order chi connectivity index (χ0) is 14.7. The van der Waals surface area contributed by atoms with Gasteiger partial charge in [-0.1, -0.05) is 39.0 Å². The highest BCUT2D eigenvalue weighted by Crippen LogP contribution is 2.19. The molecule has 0 aliphatic heterocycles. The highest BCUT2D eigenvalue weighted by Gasteiger charge is 2.21. The molecule has 2 aromatic rings. The maximum atomic E-state index is 12.5. The first-order valence-electron chi connectivity index (χ1n) is 7.09. The van der Waals surface area contributed by atoms with Crippen molar-refractivity contribution in [3.63, 3.8) is 0 Å². The van der Waals surface area contributed by atoms with Gasteiger partial charge in [-0.2, -0.15) is 4.52 Å². The van der Waals surface area contributed by atoms with Crippen LogP contribution in [0.5, 0.6) is 0 Å². The van der Waals surface area contributed by atoms with E-state index in [-0.39, 0.29) is 11.8 Å². The van der Waals surface area contributed by atoms with E-state index in [0.717, 1.165) is 31.8 Å². The van der Waals surface area contributed by atoms with E-state index in [0.29, 0.717) is 9.97 Å². The quantitative estimate of drug-likeness (QED) is 0.821. The number of carbonyl (C=O) groups excluding carboxylic acids is 1. The molecule has 110 valence electrons. The monoisotopic (exact) mass is 295 g/mol. The van der Waals surface area contributed by atoms with E-state index in [2.05, 4.69) is 29.1 Å². The average molecular weight is 295 g/mol. The summed E-state index contributed by atoms with van der Waals surface area (Å²) in [6.45, 7) is 9.76. The molecule has 2 rings (SSSR count). The van der Waals surface area contributed by atoms with Crippen LogP contribution in [0.15, 0.2) is 0 Å². The molecule has 2 heterocycles. The molecular weight excluding hydrogens is 274 g/mol. The second kappa shape index (κ2) is 6.30. The second-order valence-corrected chi connectivity index (χ2v) is 6.06. The molecule has 0 bridgehead atoms. The Labute approximate surface area is 122 Å². The molecule has 20 heavy (non-hydrogen) atoms. The standard InChI is InChI=1S/C13H21N5OS/c1-5-7-17(8-6-2)12(19)11-16-18-10(9(3)4)14-15-13(18)20-11/h9H,5-8H2,1-4H3. The molecule has 0 atom stereocenters. The van der Waals surface area contributed by atoms with Crippen molar-refractivity contribution in [2.24, 2.45) is 0 Å². The number of hydrogen-bond acceptors (Lipinski definition) is 5. The molecule has 2 aromatic heterocycles. The largest absolute Gasteiger partial charge is 0.337 e. The SMILES string of the molecule is CCCN(CCC)C(=O)c1nn2c(C(C)C)nnc2s1. The van der Waals surface area contributed by atoms with Crippen molar-refractivity contribution >= 4 is 22.2 Å². The predicted octanol–water partition coefficient (Wildman–Crippen LogP) is 2.57. The lowest BCUT2D eigenvalue weighted by Crippen LogP contribution is -2.32. The smallest absolute Gasteiger partial charge is 0.284 e. The fraction of sp³-hybridized carbons (Fsp3) is 0.692. The van der Waals surface area contributed by atoms with Gasteiger partial charge in [0.1, 0.15) is 0 Å². The Bertz CT molecular complexity index is 583. The lowest BCUT2D eigenvalue weighted by molar-refractivity contribution is 0.0754. The molecule has 0 aliphatic rings. The minimum atomic E-state index is -0.00101. The third-order valence-corrected chi connectivity index (χ3v) is 3.88. The van der Waals surface area contributed by atoms with Gasteiger partial charge in [0.05, 0.1) is 0 Å². The van der Waals surface area contributed by atoms with E-state index in [9.17, 15) is 4.79 Å². The van der Waals surface area contributed by atoms with Gasteiger partial charge in [-0.15, -0.1) is 15.3 Å². The Hall–Kier alpha value is -1.50. The van der Waals surface area contributed by atoms with Crippen molar-refractivity contribution in [3.8, 4) is 0 Å². The van der Waals surface area contributed by atoms with Gasteiger partial charge in [0, 0.05) is 19.0 Å². The van der Waals surface area contributed by atoms with E-state index >= 15 is 0 Å². The van der Waals surface area contributed by atoms with Crippen LogP contribution in [0.1, 0.15) is 62.1 Å². The molecular formula is C13H21N5OS. The second-order valence-electron chi connectivity index (χ2n) is 5.11. The molecule has 0 saturated heterocycles. The summed E-state index contributed by atoms with van der Waals surface area (Å²) < 4.78 is 1.69. The number of carbonyl (C=O) groups is 1. The number of rotatable bonds is 6. The number of fused-ring (bicyclic) bond motifs is 1. The number of nitrogens with zero attached hydrogens (tertiary/aromatic N) is 5. The molecule has 0 unspecified atom stereocenters. The van der Waals surface area contributed by atoms with E-state index in [1.165, 1.54) is 11.3 Å². The zero-order valence-electron chi connectivity index (χ0n) is 12.5. The first-order valence-corrected chi connectivity index (χ1v) is 7.91. The summed E-state index contributed by atoms with van der Waals surface area (Å²) in [7, 11) is 0. The Morgan fingerprint density at radius 1 is 1.25 bits per heavy atom. The fourth-order valence-corrected chi connectivity index (χ4v) is 2.88. The lowest BCUT2D eigenvalue weighted by Gasteiger charge is -2.19. The number of aromatic nitrogens is 4. The first-order chi connectivity index (χ1) is 9.58. The first kappa shape index (κ1) is 14.9. The van der Waals surface area contributed by atoms with Crippen molar-refractivity contribution in [2.45, 2.75) is 46.5 Å². The van der Waals surface area contributed by atoms with Crippen molar-refractivity contribution in [2.75, 3.05) is 13.1 Å². The molecule has 0 N–H and O–H groups in total. The zero-order valence-corrected chi connectivity index (χ0v) is 13.3. The van der Waals surface area contributed by atoms with Crippen LogP contribution < -0.4 is 0 Å². The van der Waals surface area contributed by atoms with Gasteiger partial charge in [0.15, 0.2) is 5.82 Å². The summed E-state index contributed by atoms with van der Waals surface area (Å²) >= 11 is 1.31. The van der Waals surface area contributed by atoms with Crippen molar-refractivity contribution in [3.05, 3.63) is 10.8 Å². The maximum Gasteiger partial charge on any atom is 0.284 e. The minimum absolute atomic E-state index is 0.00101. The van der Waals surface area contributed by atoms with Crippen LogP contribution in [-0.2, 0) is 0 Å². The van der Waals surface area contributed by atoms with Crippen LogP contribution >= 0.6 is 11.3 Å². The van der Waals surface area contributed by atoms with E-state index < -0.39 is 0 Å². The van der Waals surface area contributed by atoms with Crippen LogP contribution in [-0.4, -0.2) is 43.7 Å². The van der Waals surface area contributed by atoms with Crippen molar-refractivity contribution in [1.82, 2.24) is 24.7 Å². The summed E-state index contributed by atoms with van der Waals surface area (Å²) in [4.78, 5) is 15.0. The number of amides is 1. The van der Waals surface area contributed by atoms with Crippen LogP contribution in [0.25, 0.3) is 4.96 Å². The summed E-state index contributed by atoms with van der Waals surface area (Å²) in [5, 5.41) is 13.1. The van der Waals surface area contributed by atoms with Crippen LogP contribution in [0.2, 0.25) is 0 Å². The Balaban J connectivity index is 2.29. The van der Waals surface area contributed by atoms with E-state index in [1.807, 2.05) is 18.7 Å². The third-order valence-electron chi connectivity index (χ3n) is 2.99. The summed E-state index contributed by atoms with van der Waals surface area (Å²) in [6, 6.07) is 0. The van der Waals surface area contributed by atoms with Crippen LogP contribution in [0.4, 0.5) is 0 Å². The summed E-state index contributed by atoms with van der Waals surface area (Å²) in [5.74, 6) is 1.03. The molecule has 6 nitrogen and oxygen atoms in total. The van der Waals surface area contributed by atoms with Gasteiger partial charge < -0.3 is 4.90 Å². The molecule has 0 aliphatic carbocycles.